The molecule has 0 aromatic heterocycles. The standard InChI is InChI=1S/C19H30FN3O/c1-15(2)18-13-23(19(24)14-21(3)4)11-5-10-22(18)12-16-6-8-17(20)9-7-16/h6-9,15,18H,5,10-14H2,1-4H3. The first-order valence-electron chi connectivity index (χ1n) is 8.78. The van der Waals surface area contributed by atoms with E-state index in [2.05, 4.69) is 18.7 Å². The lowest BCUT2D eigenvalue weighted by atomic mass is 10.0. The fourth-order valence-electron chi connectivity index (χ4n) is 3.31. The van der Waals surface area contributed by atoms with Crippen LogP contribution in [0, 0.1) is 11.7 Å². The second-order valence-electron chi connectivity index (χ2n) is 7.34. The molecule has 24 heavy (non-hydrogen) atoms. The second kappa shape index (κ2) is 8.58. The molecular formula is C19H30FN3O. The van der Waals surface area contributed by atoms with Gasteiger partial charge < -0.3 is 9.80 Å². The van der Waals surface area contributed by atoms with E-state index in [9.17, 15) is 9.18 Å². The fourth-order valence-corrected chi connectivity index (χ4v) is 3.31. The van der Waals surface area contributed by atoms with Gasteiger partial charge in [0.1, 0.15) is 5.82 Å². The van der Waals surface area contributed by atoms with Crippen LogP contribution in [-0.2, 0) is 11.3 Å². The number of rotatable bonds is 5. The summed E-state index contributed by atoms with van der Waals surface area (Å²) >= 11 is 0. The quantitative estimate of drug-likeness (QED) is 0.827. The molecule has 1 aliphatic heterocycles. The van der Waals surface area contributed by atoms with E-state index in [1.54, 1.807) is 0 Å². The van der Waals surface area contributed by atoms with Crippen molar-refractivity contribution in [1.29, 1.82) is 0 Å². The number of likely N-dealkylation sites (N-methyl/N-ethyl adjacent to an activating group) is 1. The molecule has 4 nitrogen and oxygen atoms in total. The summed E-state index contributed by atoms with van der Waals surface area (Å²) in [5.41, 5.74) is 1.12. The molecule has 1 heterocycles. The van der Waals surface area contributed by atoms with Gasteiger partial charge in [-0.15, -0.1) is 0 Å². The van der Waals surface area contributed by atoms with Gasteiger partial charge in [0.25, 0.3) is 0 Å². The van der Waals surface area contributed by atoms with Gasteiger partial charge in [-0.05, 0) is 44.1 Å². The van der Waals surface area contributed by atoms with Crippen molar-refractivity contribution in [3.05, 3.63) is 35.6 Å². The summed E-state index contributed by atoms with van der Waals surface area (Å²) in [7, 11) is 3.85. The Balaban J connectivity index is 2.08. The van der Waals surface area contributed by atoms with Crippen LogP contribution in [0.1, 0.15) is 25.8 Å². The Labute approximate surface area is 145 Å². The van der Waals surface area contributed by atoms with Crippen LogP contribution < -0.4 is 0 Å². The van der Waals surface area contributed by atoms with Gasteiger partial charge in [0, 0.05) is 32.2 Å². The molecule has 1 aromatic rings. The van der Waals surface area contributed by atoms with Crippen LogP contribution in [0.5, 0.6) is 0 Å². The molecule has 1 amide bonds. The topological polar surface area (TPSA) is 26.8 Å². The van der Waals surface area contributed by atoms with Gasteiger partial charge in [-0.25, -0.2) is 4.39 Å². The lowest BCUT2D eigenvalue weighted by Gasteiger charge is -2.34. The molecule has 0 spiro atoms. The Hall–Kier alpha value is -1.46. The van der Waals surface area contributed by atoms with Crippen molar-refractivity contribution in [2.75, 3.05) is 40.3 Å². The number of carbonyl (C=O) groups is 1. The Morgan fingerprint density at radius 2 is 1.92 bits per heavy atom. The van der Waals surface area contributed by atoms with Gasteiger partial charge in [0.15, 0.2) is 0 Å². The van der Waals surface area contributed by atoms with Crippen molar-refractivity contribution in [2.24, 2.45) is 5.92 Å². The van der Waals surface area contributed by atoms with Crippen LogP contribution in [0.25, 0.3) is 0 Å². The molecule has 0 N–H and O–H groups in total. The van der Waals surface area contributed by atoms with Crippen LogP contribution in [0.15, 0.2) is 24.3 Å². The highest BCUT2D eigenvalue weighted by atomic mass is 19.1. The van der Waals surface area contributed by atoms with Gasteiger partial charge >= 0.3 is 0 Å². The van der Waals surface area contributed by atoms with Crippen LogP contribution in [-0.4, -0.2) is 66.9 Å². The van der Waals surface area contributed by atoms with Crippen molar-refractivity contribution in [3.8, 4) is 0 Å². The Bertz CT molecular complexity index is 530. The molecule has 1 saturated heterocycles. The molecule has 1 unspecified atom stereocenters. The zero-order chi connectivity index (χ0) is 17.7. The number of carbonyl (C=O) groups excluding carboxylic acids is 1. The summed E-state index contributed by atoms with van der Waals surface area (Å²) in [5.74, 6) is 0.461. The minimum Gasteiger partial charge on any atom is -0.340 e. The predicted molar refractivity (Wildman–Crippen MR) is 95.2 cm³/mol. The number of hydrogen-bond donors (Lipinski definition) is 0. The molecule has 5 heteroatoms. The molecule has 134 valence electrons. The first kappa shape index (κ1) is 18.9. The Kier molecular flexibility index (Phi) is 6.75. The molecule has 1 aromatic carbocycles. The van der Waals surface area contributed by atoms with E-state index in [0.717, 1.165) is 38.2 Å². The van der Waals surface area contributed by atoms with Crippen molar-refractivity contribution in [3.63, 3.8) is 0 Å². The minimum absolute atomic E-state index is 0.199. The summed E-state index contributed by atoms with van der Waals surface area (Å²) in [6, 6.07) is 7.07. The maximum Gasteiger partial charge on any atom is 0.236 e. The fraction of sp³-hybridized carbons (Fsp3) is 0.632. The SMILES string of the molecule is CC(C)C1CN(C(=O)CN(C)C)CCCN1Cc1ccc(F)cc1. The van der Waals surface area contributed by atoms with Crippen LogP contribution >= 0.6 is 0 Å². The molecule has 1 fully saturated rings. The van der Waals surface area contributed by atoms with E-state index in [4.69, 9.17) is 0 Å². The van der Waals surface area contributed by atoms with E-state index in [1.165, 1.54) is 12.1 Å². The number of amides is 1. The molecule has 0 radical (unpaired) electrons. The predicted octanol–water partition coefficient (Wildman–Crippen LogP) is 2.45. The highest BCUT2D eigenvalue weighted by Crippen LogP contribution is 2.20. The molecule has 1 atom stereocenters. The summed E-state index contributed by atoms with van der Waals surface area (Å²) in [6.07, 6.45) is 0.976. The smallest absolute Gasteiger partial charge is 0.236 e. The number of halogens is 1. The van der Waals surface area contributed by atoms with Crippen molar-refractivity contribution >= 4 is 5.91 Å². The maximum absolute atomic E-state index is 13.1. The monoisotopic (exact) mass is 335 g/mol. The van der Waals surface area contributed by atoms with E-state index in [1.807, 2.05) is 36.0 Å². The van der Waals surface area contributed by atoms with Gasteiger partial charge in [0.2, 0.25) is 5.91 Å². The normalized spacial score (nSPS) is 19.8. The van der Waals surface area contributed by atoms with Gasteiger partial charge in [-0.3, -0.25) is 9.69 Å². The lowest BCUT2D eigenvalue weighted by molar-refractivity contribution is -0.132. The first-order chi connectivity index (χ1) is 11.4. The minimum atomic E-state index is -0.199. The van der Waals surface area contributed by atoms with Gasteiger partial charge in [-0.1, -0.05) is 26.0 Å². The third-order valence-electron chi connectivity index (χ3n) is 4.62. The molecule has 1 aliphatic rings. The lowest BCUT2D eigenvalue weighted by Crippen LogP contribution is -2.47. The van der Waals surface area contributed by atoms with Crippen molar-refractivity contribution in [1.82, 2.24) is 14.7 Å². The van der Waals surface area contributed by atoms with Crippen molar-refractivity contribution < 1.29 is 9.18 Å². The average Bonchev–Trinajstić information content (AvgIpc) is 2.71. The summed E-state index contributed by atoms with van der Waals surface area (Å²) < 4.78 is 13.1. The first-order valence-corrected chi connectivity index (χ1v) is 8.78. The molecule has 2 rings (SSSR count). The van der Waals surface area contributed by atoms with Crippen LogP contribution in [0.2, 0.25) is 0 Å². The van der Waals surface area contributed by atoms with Gasteiger partial charge in [0.05, 0.1) is 6.54 Å². The summed E-state index contributed by atoms with van der Waals surface area (Å²) in [6.45, 7) is 8.24. The maximum atomic E-state index is 13.1. The highest BCUT2D eigenvalue weighted by molar-refractivity contribution is 5.78. The van der Waals surface area contributed by atoms with E-state index in [0.29, 0.717) is 18.5 Å². The Morgan fingerprint density at radius 1 is 1.25 bits per heavy atom. The molecular weight excluding hydrogens is 305 g/mol. The van der Waals surface area contributed by atoms with E-state index in [-0.39, 0.29) is 11.7 Å². The zero-order valence-corrected chi connectivity index (χ0v) is 15.3. The molecule has 0 bridgehead atoms. The average molecular weight is 335 g/mol. The van der Waals surface area contributed by atoms with Crippen LogP contribution in [0.3, 0.4) is 0 Å². The Morgan fingerprint density at radius 3 is 2.50 bits per heavy atom. The second-order valence-corrected chi connectivity index (χ2v) is 7.34. The van der Waals surface area contributed by atoms with Gasteiger partial charge in [-0.2, -0.15) is 0 Å². The van der Waals surface area contributed by atoms with E-state index < -0.39 is 0 Å². The number of nitrogens with zero attached hydrogens (tertiary/aromatic N) is 3. The van der Waals surface area contributed by atoms with Crippen molar-refractivity contribution in [2.45, 2.75) is 32.9 Å². The zero-order valence-electron chi connectivity index (χ0n) is 15.3. The number of hydrogen-bond acceptors (Lipinski definition) is 3. The van der Waals surface area contributed by atoms with Crippen LogP contribution in [0.4, 0.5) is 4.39 Å². The summed E-state index contributed by atoms with van der Waals surface area (Å²) in [5, 5.41) is 0. The largest absolute Gasteiger partial charge is 0.340 e. The third kappa shape index (κ3) is 5.28. The molecule has 0 aliphatic carbocycles. The highest BCUT2D eigenvalue weighted by Gasteiger charge is 2.29. The third-order valence-corrected chi connectivity index (χ3v) is 4.62. The number of benzene rings is 1. The summed E-state index contributed by atoms with van der Waals surface area (Å²) in [4.78, 5) is 18.8. The molecule has 0 saturated carbocycles. The van der Waals surface area contributed by atoms with E-state index >= 15 is 0 Å².